The molecule has 7 heteroatoms. The first-order valence-corrected chi connectivity index (χ1v) is 6.69. The fourth-order valence-corrected chi connectivity index (χ4v) is 2.00. The summed E-state index contributed by atoms with van der Waals surface area (Å²) in [4.78, 5) is 16.0. The topological polar surface area (TPSA) is 93.2 Å². The first kappa shape index (κ1) is 14.0. The van der Waals surface area contributed by atoms with Gasteiger partial charge >= 0.3 is 0 Å². The van der Waals surface area contributed by atoms with Crippen LogP contribution in [0.25, 0.3) is 5.69 Å². The molecule has 0 saturated carbocycles. The fourth-order valence-electron chi connectivity index (χ4n) is 2.00. The summed E-state index contributed by atoms with van der Waals surface area (Å²) in [5, 5.41) is 16.6. The lowest BCUT2D eigenvalue weighted by atomic mass is 10.2. The molecule has 0 bridgehead atoms. The third-order valence-corrected chi connectivity index (χ3v) is 3.12. The van der Waals surface area contributed by atoms with Crippen LogP contribution in [0.3, 0.4) is 0 Å². The van der Waals surface area contributed by atoms with Crippen LogP contribution in [0, 0.1) is 0 Å². The number of aromatic nitrogens is 3. The van der Waals surface area contributed by atoms with Gasteiger partial charge < -0.3 is 14.8 Å². The Labute approximate surface area is 126 Å². The van der Waals surface area contributed by atoms with Gasteiger partial charge in [0.2, 0.25) is 0 Å². The third kappa shape index (κ3) is 3.04. The molecule has 0 spiro atoms. The van der Waals surface area contributed by atoms with Crippen LogP contribution in [0.1, 0.15) is 22.2 Å². The predicted molar refractivity (Wildman–Crippen MR) is 77.4 cm³/mol. The van der Waals surface area contributed by atoms with Crippen LogP contribution in [-0.4, -0.2) is 32.3 Å². The zero-order valence-electron chi connectivity index (χ0n) is 11.6. The number of nitrogens with one attached hydrogen (secondary N) is 1. The van der Waals surface area contributed by atoms with Crippen LogP contribution in [-0.2, 0) is 0 Å². The van der Waals surface area contributed by atoms with E-state index in [2.05, 4.69) is 15.4 Å². The zero-order chi connectivity index (χ0) is 15.4. The highest BCUT2D eigenvalue weighted by Gasteiger charge is 2.13. The van der Waals surface area contributed by atoms with Crippen molar-refractivity contribution >= 4 is 5.91 Å². The van der Waals surface area contributed by atoms with Crippen LogP contribution in [0.2, 0.25) is 0 Å². The molecule has 2 heterocycles. The molecule has 0 saturated heterocycles. The van der Waals surface area contributed by atoms with Gasteiger partial charge in [-0.1, -0.05) is 6.07 Å². The first-order chi connectivity index (χ1) is 10.7. The van der Waals surface area contributed by atoms with Crippen LogP contribution < -0.4 is 5.32 Å². The smallest absolute Gasteiger partial charge is 0.251 e. The predicted octanol–water partition coefficient (Wildman–Crippen LogP) is 1.32. The minimum Gasteiger partial charge on any atom is -0.467 e. The molecule has 2 N–H and O–H groups in total. The van der Waals surface area contributed by atoms with Gasteiger partial charge in [0.05, 0.1) is 18.5 Å². The van der Waals surface area contributed by atoms with Crippen molar-refractivity contribution in [2.24, 2.45) is 0 Å². The summed E-state index contributed by atoms with van der Waals surface area (Å²) in [6, 6.07) is 10.3. The molecule has 112 valence electrons. The summed E-state index contributed by atoms with van der Waals surface area (Å²) in [6.45, 7) is 0.0693. The molecular formula is C15H14N4O3. The number of nitrogens with zero attached hydrogens (tertiary/aromatic N) is 3. The SMILES string of the molecule is O=C(NCC(O)c1ccco1)c1cccc(-n2cncn2)c1. The van der Waals surface area contributed by atoms with Crippen LogP contribution in [0.5, 0.6) is 0 Å². The highest BCUT2D eigenvalue weighted by Crippen LogP contribution is 2.13. The number of amides is 1. The molecule has 0 aliphatic heterocycles. The molecule has 2 aromatic heterocycles. The van der Waals surface area contributed by atoms with E-state index in [1.54, 1.807) is 41.3 Å². The average molecular weight is 298 g/mol. The summed E-state index contributed by atoms with van der Waals surface area (Å²) in [5.74, 6) is 0.129. The lowest BCUT2D eigenvalue weighted by Crippen LogP contribution is -2.28. The molecule has 3 aromatic rings. The number of aliphatic hydroxyl groups excluding tert-OH is 1. The van der Waals surface area contributed by atoms with Crippen molar-refractivity contribution < 1.29 is 14.3 Å². The van der Waals surface area contributed by atoms with E-state index in [0.29, 0.717) is 11.3 Å². The molecule has 0 radical (unpaired) electrons. The minimum absolute atomic E-state index is 0.0693. The normalized spacial score (nSPS) is 12.0. The Bertz CT molecular complexity index is 738. The average Bonchev–Trinajstić information content (AvgIpc) is 3.25. The fraction of sp³-hybridized carbons (Fsp3) is 0.133. The maximum Gasteiger partial charge on any atom is 0.251 e. The van der Waals surface area contributed by atoms with Crippen molar-refractivity contribution in [3.8, 4) is 5.69 Å². The Morgan fingerprint density at radius 1 is 1.36 bits per heavy atom. The van der Waals surface area contributed by atoms with Crippen molar-refractivity contribution in [2.45, 2.75) is 6.10 Å². The van der Waals surface area contributed by atoms with E-state index >= 15 is 0 Å². The van der Waals surface area contributed by atoms with Crippen molar-refractivity contribution in [3.63, 3.8) is 0 Å². The van der Waals surface area contributed by atoms with Crippen LogP contribution in [0.15, 0.2) is 59.7 Å². The molecule has 7 nitrogen and oxygen atoms in total. The van der Waals surface area contributed by atoms with Crippen molar-refractivity contribution in [3.05, 3.63) is 66.6 Å². The van der Waals surface area contributed by atoms with Crippen molar-refractivity contribution in [2.75, 3.05) is 6.54 Å². The molecule has 0 aliphatic rings. The molecule has 1 atom stereocenters. The molecule has 1 aromatic carbocycles. The quantitative estimate of drug-likeness (QED) is 0.741. The van der Waals surface area contributed by atoms with Gasteiger partial charge in [0.25, 0.3) is 5.91 Å². The van der Waals surface area contributed by atoms with Gasteiger partial charge in [-0.05, 0) is 30.3 Å². The van der Waals surface area contributed by atoms with Crippen molar-refractivity contribution in [1.29, 1.82) is 0 Å². The molecular weight excluding hydrogens is 284 g/mol. The van der Waals surface area contributed by atoms with Gasteiger partial charge in [0, 0.05) is 5.56 Å². The number of hydrogen-bond acceptors (Lipinski definition) is 5. The van der Waals surface area contributed by atoms with E-state index < -0.39 is 6.10 Å². The van der Waals surface area contributed by atoms with Gasteiger partial charge in [-0.25, -0.2) is 9.67 Å². The second-order valence-electron chi connectivity index (χ2n) is 4.63. The molecule has 3 rings (SSSR count). The molecule has 22 heavy (non-hydrogen) atoms. The second-order valence-corrected chi connectivity index (χ2v) is 4.63. The van der Waals surface area contributed by atoms with Gasteiger partial charge in [-0.2, -0.15) is 5.10 Å². The van der Waals surface area contributed by atoms with E-state index in [4.69, 9.17) is 4.42 Å². The molecule has 1 amide bonds. The largest absolute Gasteiger partial charge is 0.467 e. The Hall–Kier alpha value is -2.93. The molecule has 0 aliphatic carbocycles. The zero-order valence-corrected chi connectivity index (χ0v) is 11.6. The number of aliphatic hydroxyl groups is 1. The monoisotopic (exact) mass is 298 g/mol. The Balaban J connectivity index is 1.66. The number of benzene rings is 1. The highest BCUT2D eigenvalue weighted by atomic mass is 16.4. The van der Waals surface area contributed by atoms with Crippen LogP contribution >= 0.6 is 0 Å². The Morgan fingerprint density at radius 3 is 3.00 bits per heavy atom. The second kappa shape index (κ2) is 6.23. The summed E-state index contributed by atoms with van der Waals surface area (Å²) in [6.07, 6.45) is 3.57. The van der Waals surface area contributed by atoms with E-state index in [0.717, 1.165) is 5.69 Å². The number of rotatable bonds is 5. The number of carbonyl (C=O) groups is 1. The van der Waals surface area contributed by atoms with Crippen molar-refractivity contribution in [1.82, 2.24) is 20.1 Å². The Kier molecular flexibility index (Phi) is 3.97. The number of carbonyl (C=O) groups excluding carboxylic acids is 1. The third-order valence-electron chi connectivity index (χ3n) is 3.12. The molecule has 0 fully saturated rings. The summed E-state index contributed by atoms with van der Waals surface area (Å²) < 4.78 is 6.65. The van der Waals surface area contributed by atoms with E-state index in [9.17, 15) is 9.90 Å². The summed E-state index contributed by atoms with van der Waals surface area (Å²) in [7, 11) is 0. The van der Waals surface area contributed by atoms with Gasteiger partial charge in [0.15, 0.2) is 0 Å². The minimum atomic E-state index is -0.877. The molecule has 1 unspecified atom stereocenters. The highest BCUT2D eigenvalue weighted by molar-refractivity contribution is 5.94. The van der Waals surface area contributed by atoms with E-state index in [1.807, 2.05) is 6.07 Å². The summed E-state index contributed by atoms with van der Waals surface area (Å²) >= 11 is 0. The summed E-state index contributed by atoms with van der Waals surface area (Å²) in [5.41, 5.74) is 1.20. The van der Waals surface area contributed by atoms with Crippen LogP contribution in [0.4, 0.5) is 0 Å². The lowest BCUT2D eigenvalue weighted by Gasteiger charge is -2.10. The van der Waals surface area contributed by atoms with E-state index in [-0.39, 0.29) is 12.5 Å². The number of furan rings is 1. The Morgan fingerprint density at radius 2 is 2.27 bits per heavy atom. The lowest BCUT2D eigenvalue weighted by molar-refractivity contribution is 0.0901. The number of hydrogen-bond donors (Lipinski definition) is 2. The van der Waals surface area contributed by atoms with E-state index in [1.165, 1.54) is 12.6 Å². The first-order valence-electron chi connectivity index (χ1n) is 6.69. The maximum absolute atomic E-state index is 12.1. The van der Waals surface area contributed by atoms with Gasteiger partial charge in [-0.3, -0.25) is 4.79 Å². The maximum atomic E-state index is 12.1. The standard InChI is InChI=1S/C15H14N4O3/c20-13(14-5-2-6-22-14)8-17-15(21)11-3-1-4-12(7-11)19-10-16-9-18-19/h1-7,9-10,13,20H,8H2,(H,17,21). The van der Waals surface area contributed by atoms with Gasteiger partial charge in [0.1, 0.15) is 24.5 Å². The van der Waals surface area contributed by atoms with Gasteiger partial charge in [-0.15, -0.1) is 0 Å².